The number of methoxy groups -OCH3 is 1. The Hall–Kier alpha value is -3.52. The Morgan fingerprint density at radius 3 is 2.13 bits per heavy atom. The summed E-state index contributed by atoms with van der Waals surface area (Å²) in [6.07, 6.45) is 3.68. The maximum absolute atomic E-state index is 14.4. The topological polar surface area (TPSA) is 54.8 Å². The van der Waals surface area contributed by atoms with E-state index in [-0.39, 0.29) is 29.0 Å². The summed E-state index contributed by atoms with van der Waals surface area (Å²) in [5.41, 5.74) is 3.95. The molecule has 1 aliphatic carbocycles. The molecule has 38 heavy (non-hydrogen) atoms. The van der Waals surface area contributed by atoms with Gasteiger partial charge in [-0.25, -0.2) is 8.78 Å². The molecule has 1 aromatic heterocycles. The predicted octanol–water partition coefficient (Wildman–Crippen LogP) is 4.88. The summed E-state index contributed by atoms with van der Waals surface area (Å²) in [5, 5.41) is 2.12. The Kier molecular flexibility index (Phi) is 7.09. The summed E-state index contributed by atoms with van der Waals surface area (Å²) < 4.78 is 36.0. The number of aryl methyl sites for hydroxylation is 2. The number of nitrogens with zero attached hydrogens (tertiary/aromatic N) is 3. The molecule has 0 bridgehead atoms. The van der Waals surface area contributed by atoms with Crippen LogP contribution in [0.25, 0.3) is 0 Å². The molecule has 2 aromatic carbocycles. The quantitative estimate of drug-likeness (QED) is 0.434. The van der Waals surface area contributed by atoms with Crippen LogP contribution in [0.2, 0.25) is 0 Å². The van der Waals surface area contributed by atoms with Crippen LogP contribution < -0.4 is 10.4 Å². The lowest BCUT2D eigenvalue weighted by molar-refractivity contribution is 0.0433. The van der Waals surface area contributed by atoms with Crippen molar-refractivity contribution in [2.75, 3.05) is 18.7 Å². The lowest BCUT2D eigenvalue weighted by atomic mass is 9.92. The van der Waals surface area contributed by atoms with E-state index in [1.807, 2.05) is 18.7 Å². The minimum Gasteiger partial charge on any atom is -0.385 e. The number of hydrogen-bond acceptors (Lipinski definition) is 4. The van der Waals surface area contributed by atoms with Gasteiger partial charge in [0, 0.05) is 37.6 Å². The third kappa shape index (κ3) is 4.41. The van der Waals surface area contributed by atoms with E-state index in [4.69, 9.17) is 4.74 Å². The van der Waals surface area contributed by atoms with E-state index in [0.29, 0.717) is 43.5 Å². The van der Waals surface area contributed by atoms with E-state index in [1.54, 1.807) is 49.2 Å². The normalized spacial score (nSPS) is 17.3. The number of amides is 1. The first-order chi connectivity index (χ1) is 18.2. The van der Waals surface area contributed by atoms with Gasteiger partial charge in [-0.1, -0.05) is 12.1 Å². The standard InChI is InChI=1S/C30H33F2N3O3/c1-18(2)34-27(6-5-15-38-4)35(33-14-13-26(36)19(3)28(33)30(34)37)29-24-11-9-22(31)16-20(24)7-8-21-17-23(32)10-12-25(21)29/h9-14,16-18,27,29H,5-8,15H2,1-4H3. The van der Waals surface area contributed by atoms with Gasteiger partial charge in [0.15, 0.2) is 5.43 Å². The fourth-order valence-corrected chi connectivity index (χ4v) is 6.00. The van der Waals surface area contributed by atoms with E-state index in [9.17, 15) is 18.4 Å². The molecule has 2 heterocycles. The molecule has 200 valence electrons. The Morgan fingerprint density at radius 1 is 0.974 bits per heavy atom. The first-order valence-electron chi connectivity index (χ1n) is 13.1. The maximum Gasteiger partial charge on any atom is 0.274 e. The van der Waals surface area contributed by atoms with Gasteiger partial charge >= 0.3 is 0 Å². The fraction of sp³-hybridized carbons (Fsp3) is 0.400. The predicted molar refractivity (Wildman–Crippen MR) is 142 cm³/mol. The molecule has 3 aromatic rings. The molecule has 0 saturated carbocycles. The molecule has 5 rings (SSSR count). The summed E-state index contributed by atoms with van der Waals surface area (Å²) in [6, 6.07) is 10.5. The molecule has 1 atom stereocenters. The van der Waals surface area contributed by atoms with Crippen LogP contribution in [-0.4, -0.2) is 41.4 Å². The number of carbonyl (C=O) groups excluding carboxylic acids is 1. The van der Waals surface area contributed by atoms with E-state index in [1.165, 1.54) is 18.2 Å². The molecule has 6 nitrogen and oxygen atoms in total. The number of halogens is 2. The third-order valence-corrected chi connectivity index (χ3v) is 7.73. The van der Waals surface area contributed by atoms with Crippen LogP contribution in [0.4, 0.5) is 8.78 Å². The molecule has 1 aliphatic heterocycles. The number of aromatic nitrogens is 1. The second-order valence-electron chi connectivity index (χ2n) is 10.4. The van der Waals surface area contributed by atoms with Crippen molar-refractivity contribution in [2.45, 2.75) is 64.7 Å². The average molecular weight is 522 g/mol. The number of pyridine rings is 1. The Morgan fingerprint density at radius 2 is 1.58 bits per heavy atom. The highest BCUT2D eigenvalue weighted by molar-refractivity contribution is 5.95. The van der Waals surface area contributed by atoms with E-state index >= 15 is 0 Å². The van der Waals surface area contributed by atoms with Crippen LogP contribution in [0.3, 0.4) is 0 Å². The van der Waals surface area contributed by atoms with Gasteiger partial charge in [-0.3, -0.25) is 19.3 Å². The van der Waals surface area contributed by atoms with Crippen molar-refractivity contribution in [1.29, 1.82) is 0 Å². The molecular weight excluding hydrogens is 488 g/mol. The zero-order valence-electron chi connectivity index (χ0n) is 22.2. The van der Waals surface area contributed by atoms with Crippen LogP contribution >= 0.6 is 0 Å². The van der Waals surface area contributed by atoms with E-state index < -0.39 is 12.2 Å². The molecule has 1 unspecified atom stereocenters. The SMILES string of the molecule is COCCCC1N(C(C)C)C(=O)c2c(C)c(=O)ccn2N1C1c2ccc(F)cc2CCc2cc(F)ccc21. The lowest BCUT2D eigenvalue weighted by Crippen LogP contribution is -2.64. The molecule has 8 heteroatoms. The van der Waals surface area contributed by atoms with Gasteiger partial charge in [-0.2, -0.15) is 0 Å². The Balaban J connectivity index is 1.83. The molecule has 0 spiro atoms. The maximum atomic E-state index is 14.4. The second kappa shape index (κ2) is 10.3. The first-order valence-corrected chi connectivity index (χ1v) is 13.1. The molecule has 1 amide bonds. The molecule has 0 fully saturated rings. The van der Waals surface area contributed by atoms with Gasteiger partial charge in [-0.15, -0.1) is 0 Å². The monoisotopic (exact) mass is 521 g/mol. The minimum absolute atomic E-state index is 0.160. The number of fused-ring (bicyclic) bond motifs is 3. The van der Waals surface area contributed by atoms with Crippen molar-refractivity contribution in [2.24, 2.45) is 0 Å². The van der Waals surface area contributed by atoms with Gasteiger partial charge in [0.1, 0.15) is 23.5 Å². The van der Waals surface area contributed by atoms with E-state index in [0.717, 1.165) is 22.3 Å². The average Bonchev–Trinajstić information content (AvgIpc) is 3.02. The fourth-order valence-electron chi connectivity index (χ4n) is 6.00. The Bertz CT molecular complexity index is 1380. The van der Waals surface area contributed by atoms with Crippen LogP contribution in [0.1, 0.15) is 71.0 Å². The van der Waals surface area contributed by atoms with Crippen molar-refractivity contribution in [3.05, 3.63) is 104 Å². The highest BCUT2D eigenvalue weighted by atomic mass is 19.1. The van der Waals surface area contributed by atoms with Crippen LogP contribution in [0.15, 0.2) is 53.5 Å². The van der Waals surface area contributed by atoms with Gasteiger partial charge in [0.2, 0.25) is 0 Å². The van der Waals surface area contributed by atoms with Gasteiger partial charge < -0.3 is 9.64 Å². The van der Waals surface area contributed by atoms with Gasteiger partial charge in [0.05, 0.1) is 6.04 Å². The van der Waals surface area contributed by atoms with Crippen LogP contribution in [0, 0.1) is 18.6 Å². The summed E-state index contributed by atoms with van der Waals surface area (Å²) in [5.74, 6) is -0.858. The zero-order chi connectivity index (χ0) is 27.1. The van der Waals surface area contributed by atoms with Gasteiger partial charge in [0.25, 0.3) is 5.91 Å². The Labute approximate surface area is 221 Å². The largest absolute Gasteiger partial charge is 0.385 e. The van der Waals surface area contributed by atoms with Crippen molar-refractivity contribution in [3.8, 4) is 0 Å². The number of rotatable bonds is 6. The minimum atomic E-state index is -0.453. The molecular formula is C30H33F2N3O3. The molecule has 0 saturated heterocycles. The van der Waals surface area contributed by atoms with Crippen molar-refractivity contribution < 1.29 is 18.3 Å². The highest BCUT2D eigenvalue weighted by Crippen LogP contribution is 2.41. The van der Waals surface area contributed by atoms with Crippen LogP contribution in [-0.2, 0) is 17.6 Å². The van der Waals surface area contributed by atoms with Crippen molar-refractivity contribution in [1.82, 2.24) is 9.58 Å². The first kappa shape index (κ1) is 26.1. The number of carbonyl (C=O) groups is 1. The van der Waals surface area contributed by atoms with Crippen molar-refractivity contribution >= 4 is 5.91 Å². The number of hydrogen-bond donors (Lipinski definition) is 0. The third-order valence-electron chi connectivity index (χ3n) is 7.73. The van der Waals surface area contributed by atoms with Crippen molar-refractivity contribution in [3.63, 3.8) is 0 Å². The molecule has 0 N–H and O–H groups in total. The van der Waals surface area contributed by atoms with Crippen LogP contribution in [0.5, 0.6) is 0 Å². The summed E-state index contributed by atoms with van der Waals surface area (Å²) >= 11 is 0. The number of ether oxygens (including phenoxy) is 1. The lowest BCUT2D eigenvalue weighted by Gasteiger charge is -2.52. The smallest absolute Gasteiger partial charge is 0.274 e. The highest BCUT2D eigenvalue weighted by Gasteiger charge is 2.44. The summed E-state index contributed by atoms with van der Waals surface area (Å²) in [6.45, 7) is 6.12. The molecule has 0 radical (unpaired) electrons. The zero-order valence-corrected chi connectivity index (χ0v) is 22.2. The second-order valence-corrected chi connectivity index (χ2v) is 10.4. The number of benzene rings is 2. The summed E-state index contributed by atoms with van der Waals surface area (Å²) in [4.78, 5) is 28.5. The van der Waals surface area contributed by atoms with E-state index in [2.05, 4.69) is 5.01 Å². The summed E-state index contributed by atoms with van der Waals surface area (Å²) in [7, 11) is 1.65. The molecule has 2 aliphatic rings. The van der Waals surface area contributed by atoms with Gasteiger partial charge in [-0.05, 0) is 93.0 Å².